The van der Waals surface area contributed by atoms with Crippen LogP contribution in [0.25, 0.3) is 0 Å². The third-order valence-corrected chi connectivity index (χ3v) is 6.87. The summed E-state index contributed by atoms with van der Waals surface area (Å²) in [6.07, 6.45) is 1.92. The fourth-order valence-corrected chi connectivity index (χ4v) is 5.21. The monoisotopic (exact) mass is 437 g/mol. The predicted molar refractivity (Wildman–Crippen MR) is 110 cm³/mol. The van der Waals surface area contributed by atoms with Crippen LogP contribution in [0.4, 0.5) is 4.39 Å². The molecule has 8 heteroatoms. The second kappa shape index (κ2) is 8.97. The molecular formula is C21H21ClFNO4S. The van der Waals surface area contributed by atoms with E-state index >= 15 is 0 Å². The first-order valence-electron chi connectivity index (χ1n) is 9.09. The second-order valence-corrected chi connectivity index (χ2v) is 9.45. The van der Waals surface area contributed by atoms with Gasteiger partial charge >= 0.3 is 0 Å². The van der Waals surface area contributed by atoms with Crippen LogP contribution in [0, 0.1) is 5.82 Å². The summed E-state index contributed by atoms with van der Waals surface area (Å²) in [4.78, 5) is 14.6. The number of carbonyl (C=O) groups is 1. The molecule has 1 amide bonds. The average Bonchev–Trinajstić information content (AvgIpc) is 3.05. The minimum Gasteiger partial charge on any atom is -0.490 e. The molecular weight excluding hydrogens is 417 g/mol. The minimum absolute atomic E-state index is 0.000776. The van der Waals surface area contributed by atoms with Gasteiger partial charge in [0.15, 0.2) is 9.84 Å². The molecule has 3 rings (SSSR count). The molecule has 0 unspecified atom stereocenters. The maximum Gasteiger partial charge on any atom is 0.254 e. The van der Waals surface area contributed by atoms with Crippen molar-refractivity contribution in [3.63, 3.8) is 0 Å². The van der Waals surface area contributed by atoms with Crippen LogP contribution in [0.5, 0.6) is 5.75 Å². The fourth-order valence-electron chi connectivity index (χ4n) is 3.26. The lowest BCUT2D eigenvalue weighted by Crippen LogP contribution is -2.41. The van der Waals surface area contributed by atoms with Gasteiger partial charge in [0, 0.05) is 22.2 Å². The number of carbonyl (C=O) groups excluding carboxylic acids is 1. The van der Waals surface area contributed by atoms with Crippen LogP contribution in [0.3, 0.4) is 0 Å². The van der Waals surface area contributed by atoms with Crippen molar-refractivity contribution in [3.05, 3.63) is 77.1 Å². The highest BCUT2D eigenvalue weighted by molar-refractivity contribution is 7.91. The number of ether oxygens (including phenoxy) is 1. The van der Waals surface area contributed by atoms with Crippen molar-refractivity contribution in [2.24, 2.45) is 0 Å². The van der Waals surface area contributed by atoms with E-state index in [0.29, 0.717) is 24.3 Å². The Kier molecular flexibility index (Phi) is 6.59. The first-order valence-corrected chi connectivity index (χ1v) is 11.3. The van der Waals surface area contributed by atoms with Crippen LogP contribution in [0.15, 0.2) is 55.1 Å². The van der Waals surface area contributed by atoms with Gasteiger partial charge < -0.3 is 9.64 Å². The highest BCUT2D eigenvalue weighted by Gasteiger charge is 2.35. The largest absolute Gasteiger partial charge is 0.490 e. The molecule has 0 radical (unpaired) electrons. The smallest absolute Gasteiger partial charge is 0.254 e. The number of benzene rings is 2. The van der Waals surface area contributed by atoms with Gasteiger partial charge in [0.1, 0.15) is 18.2 Å². The molecule has 0 N–H and O–H groups in total. The molecule has 1 atom stereocenters. The zero-order valence-electron chi connectivity index (χ0n) is 15.7. The third-order valence-electron chi connectivity index (χ3n) is 4.77. The Morgan fingerprint density at radius 3 is 2.59 bits per heavy atom. The highest BCUT2D eigenvalue weighted by Crippen LogP contribution is 2.27. The molecule has 1 aliphatic heterocycles. The van der Waals surface area contributed by atoms with Crippen molar-refractivity contribution in [1.82, 2.24) is 4.90 Å². The Bertz CT molecular complexity index is 988. The van der Waals surface area contributed by atoms with Gasteiger partial charge in [0.05, 0.1) is 18.1 Å². The summed E-state index contributed by atoms with van der Waals surface area (Å²) in [6.45, 7) is 3.80. The van der Waals surface area contributed by atoms with Crippen LogP contribution in [0.1, 0.15) is 22.3 Å². The Balaban J connectivity index is 1.90. The number of nitrogens with zero attached hydrogens (tertiary/aromatic N) is 1. The van der Waals surface area contributed by atoms with E-state index in [1.54, 1.807) is 36.4 Å². The van der Waals surface area contributed by atoms with Crippen molar-refractivity contribution in [2.45, 2.75) is 19.0 Å². The van der Waals surface area contributed by atoms with Crippen molar-refractivity contribution in [1.29, 1.82) is 0 Å². The summed E-state index contributed by atoms with van der Waals surface area (Å²) in [5.41, 5.74) is 0.519. The van der Waals surface area contributed by atoms with Crippen LogP contribution in [0.2, 0.25) is 5.02 Å². The maximum atomic E-state index is 14.3. The molecule has 1 saturated heterocycles. The quantitative estimate of drug-likeness (QED) is 0.617. The zero-order valence-corrected chi connectivity index (χ0v) is 17.3. The lowest BCUT2D eigenvalue weighted by molar-refractivity contribution is 0.0679. The van der Waals surface area contributed by atoms with E-state index < -0.39 is 21.7 Å². The zero-order chi connectivity index (χ0) is 21.0. The molecule has 154 valence electrons. The van der Waals surface area contributed by atoms with Gasteiger partial charge in [-0.2, -0.15) is 0 Å². The topological polar surface area (TPSA) is 63.7 Å². The SMILES string of the molecule is C=CCOc1ccc(C(=O)N(Cc2c(F)cccc2Cl)[C@H]2CCS(=O)(=O)C2)cc1. The molecule has 29 heavy (non-hydrogen) atoms. The van der Waals surface area contributed by atoms with E-state index in [2.05, 4.69) is 6.58 Å². The van der Waals surface area contributed by atoms with Gasteiger partial charge in [-0.15, -0.1) is 0 Å². The first kappa shape index (κ1) is 21.3. The van der Waals surface area contributed by atoms with E-state index in [4.69, 9.17) is 16.3 Å². The molecule has 1 fully saturated rings. The number of amides is 1. The fraction of sp³-hybridized carbons (Fsp3) is 0.286. The molecule has 0 bridgehead atoms. The third kappa shape index (κ3) is 5.16. The van der Waals surface area contributed by atoms with Gasteiger partial charge in [0.25, 0.3) is 5.91 Å². The molecule has 2 aromatic rings. The predicted octanol–water partition coefficient (Wildman–Crippen LogP) is 3.87. The van der Waals surface area contributed by atoms with E-state index in [1.165, 1.54) is 17.0 Å². The van der Waals surface area contributed by atoms with Crippen molar-refractivity contribution >= 4 is 27.3 Å². The molecule has 0 spiro atoms. The highest BCUT2D eigenvalue weighted by atomic mass is 35.5. The molecule has 0 aromatic heterocycles. The number of hydrogen-bond donors (Lipinski definition) is 0. The number of rotatable bonds is 7. The summed E-state index contributed by atoms with van der Waals surface area (Å²) in [7, 11) is -3.24. The summed E-state index contributed by atoms with van der Waals surface area (Å²) < 4.78 is 43.7. The van der Waals surface area contributed by atoms with Gasteiger partial charge in [-0.25, -0.2) is 12.8 Å². The van der Waals surface area contributed by atoms with Crippen molar-refractivity contribution in [2.75, 3.05) is 18.1 Å². The van der Waals surface area contributed by atoms with Gasteiger partial charge in [-0.05, 0) is 42.8 Å². The Hall–Kier alpha value is -2.38. The molecule has 1 aliphatic rings. The summed E-state index contributed by atoms with van der Waals surface area (Å²) in [5.74, 6) is -0.494. The molecule has 0 saturated carbocycles. The lowest BCUT2D eigenvalue weighted by Gasteiger charge is -2.29. The van der Waals surface area contributed by atoms with Crippen LogP contribution in [-0.2, 0) is 16.4 Å². The Morgan fingerprint density at radius 2 is 2.00 bits per heavy atom. The minimum atomic E-state index is -3.24. The maximum absolute atomic E-state index is 14.3. The molecule has 0 aliphatic carbocycles. The van der Waals surface area contributed by atoms with Crippen LogP contribution < -0.4 is 4.74 Å². The van der Waals surface area contributed by atoms with E-state index in [9.17, 15) is 17.6 Å². The summed E-state index contributed by atoms with van der Waals surface area (Å²) in [6, 6.07) is 10.2. The van der Waals surface area contributed by atoms with E-state index in [0.717, 1.165) is 0 Å². The van der Waals surface area contributed by atoms with Crippen LogP contribution in [-0.4, -0.2) is 43.4 Å². The number of hydrogen-bond acceptors (Lipinski definition) is 4. The second-order valence-electron chi connectivity index (χ2n) is 6.81. The summed E-state index contributed by atoms with van der Waals surface area (Å²) >= 11 is 6.14. The van der Waals surface area contributed by atoms with E-state index in [1.807, 2.05) is 0 Å². The Morgan fingerprint density at radius 1 is 1.28 bits per heavy atom. The molecule has 5 nitrogen and oxygen atoms in total. The number of sulfone groups is 1. The average molecular weight is 438 g/mol. The van der Waals surface area contributed by atoms with Crippen molar-refractivity contribution < 1.29 is 22.3 Å². The number of halogens is 2. The van der Waals surface area contributed by atoms with Crippen molar-refractivity contribution in [3.8, 4) is 5.75 Å². The van der Waals surface area contributed by atoms with Crippen LogP contribution >= 0.6 is 11.6 Å². The van der Waals surface area contributed by atoms with E-state index in [-0.39, 0.29) is 34.5 Å². The lowest BCUT2D eigenvalue weighted by atomic mass is 10.1. The molecule has 2 aromatic carbocycles. The molecule has 1 heterocycles. The normalized spacial score (nSPS) is 17.7. The summed E-state index contributed by atoms with van der Waals surface area (Å²) in [5, 5.41) is 0.192. The van der Waals surface area contributed by atoms with Gasteiger partial charge in [-0.1, -0.05) is 30.3 Å². The Labute approximate surface area is 174 Å². The standard InChI is InChI=1S/C21H21ClFNO4S/c1-2-11-28-17-8-6-15(7-9-17)21(25)24(16-10-12-29(26,27)14-16)13-18-19(22)4-3-5-20(18)23/h2-9,16H,1,10-14H2/t16-/m0/s1. The van der Waals surface area contributed by atoms with Gasteiger partial charge in [0.2, 0.25) is 0 Å². The first-order chi connectivity index (χ1) is 13.8. The van der Waals surface area contributed by atoms with Gasteiger partial charge in [-0.3, -0.25) is 4.79 Å².